The van der Waals surface area contributed by atoms with Gasteiger partial charge < -0.3 is 4.90 Å². The number of amides is 1. The Morgan fingerprint density at radius 1 is 1.56 bits per heavy atom. The van der Waals surface area contributed by atoms with E-state index in [0.29, 0.717) is 12.3 Å². The van der Waals surface area contributed by atoms with Crippen LogP contribution in [0.4, 0.5) is 5.69 Å². The van der Waals surface area contributed by atoms with Gasteiger partial charge in [0.25, 0.3) is 0 Å². The topological polar surface area (TPSA) is 33.2 Å². The van der Waals surface area contributed by atoms with Crippen molar-refractivity contribution in [1.29, 1.82) is 0 Å². The highest BCUT2D eigenvalue weighted by Crippen LogP contribution is 2.28. The second kappa shape index (κ2) is 4.45. The summed E-state index contributed by atoms with van der Waals surface area (Å²) in [6, 6.07) is 1.92. The third-order valence-electron chi connectivity index (χ3n) is 3.18. The maximum Gasteiger partial charge on any atom is 0.227 e. The number of hydrogen-bond donors (Lipinski definition) is 1. The standard InChI is InChI=1S/C12H16N2OS/c1-8-9(2)13-4-3-11(8)14-6-10(7-16)5-12(14)15/h3-4,10,16H,5-7H2,1-2H3. The van der Waals surface area contributed by atoms with Gasteiger partial charge in [-0.25, -0.2) is 0 Å². The summed E-state index contributed by atoms with van der Waals surface area (Å²) in [4.78, 5) is 18.0. The number of hydrogen-bond acceptors (Lipinski definition) is 3. The maximum atomic E-state index is 11.9. The van der Waals surface area contributed by atoms with E-state index < -0.39 is 0 Å². The van der Waals surface area contributed by atoms with Crippen molar-refractivity contribution in [2.24, 2.45) is 5.92 Å². The lowest BCUT2D eigenvalue weighted by molar-refractivity contribution is -0.117. The molecule has 0 bridgehead atoms. The lowest BCUT2D eigenvalue weighted by Crippen LogP contribution is -2.25. The Balaban J connectivity index is 2.31. The molecule has 0 spiro atoms. The number of thiol groups is 1. The van der Waals surface area contributed by atoms with Crippen LogP contribution in [0.3, 0.4) is 0 Å². The van der Waals surface area contributed by atoms with Crippen molar-refractivity contribution in [3.8, 4) is 0 Å². The molecule has 0 radical (unpaired) electrons. The lowest BCUT2D eigenvalue weighted by Gasteiger charge is -2.19. The summed E-state index contributed by atoms with van der Waals surface area (Å²) in [6.07, 6.45) is 2.38. The van der Waals surface area contributed by atoms with Crippen LogP contribution in [0.1, 0.15) is 17.7 Å². The first-order valence-corrected chi connectivity index (χ1v) is 6.10. The molecule has 16 heavy (non-hydrogen) atoms. The molecule has 1 atom stereocenters. The summed E-state index contributed by atoms with van der Waals surface area (Å²) in [5, 5.41) is 0. The number of carbonyl (C=O) groups is 1. The number of nitrogens with zero attached hydrogens (tertiary/aromatic N) is 2. The van der Waals surface area contributed by atoms with Crippen LogP contribution in [0.2, 0.25) is 0 Å². The minimum absolute atomic E-state index is 0.202. The van der Waals surface area contributed by atoms with Crippen molar-refractivity contribution in [1.82, 2.24) is 4.98 Å². The van der Waals surface area contributed by atoms with Crippen molar-refractivity contribution in [2.45, 2.75) is 20.3 Å². The Morgan fingerprint density at radius 2 is 2.31 bits per heavy atom. The zero-order chi connectivity index (χ0) is 11.7. The van der Waals surface area contributed by atoms with E-state index in [0.717, 1.165) is 29.2 Å². The lowest BCUT2D eigenvalue weighted by atomic mass is 10.1. The number of carbonyl (C=O) groups excluding carboxylic acids is 1. The Bertz CT molecular complexity index is 419. The van der Waals surface area contributed by atoms with E-state index >= 15 is 0 Å². The molecule has 0 N–H and O–H groups in total. The molecule has 2 heterocycles. The van der Waals surface area contributed by atoms with Crippen LogP contribution in [0, 0.1) is 19.8 Å². The number of aromatic nitrogens is 1. The first-order chi connectivity index (χ1) is 7.63. The second-order valence-corrected chi connectivity index (χ2v) is 4.66. The Morgan fingerprint density at radius 3 is 2.94 bits per heavy atom. The van der Waals surface area contributed by atoms with E-state index in [-0.39, 0.29) is 5.91 Å². The first-order valence-electron chi connectivity index (χ1n) is 5.47. The van der Waals surface area contributed by atoms with Gasteiger partial charge in [-0.15, -0.1) is 0 Å². The van der Waals surface area contributed by atoms with Crippen LogP contribution in [0.15, 0.2) is 12.3 Å². The average molecular weight is 236 g/mol. The minimum atomic E-state index is 0.202. The average Bonchev–Trinajstić information content (AvgIpc) is 2.64. The fraction of sp³-hybridized carbons (Fsp3) is 0.500. The molecular weight excluding hydrogens is 220 g/mol. The zero-order valence-corrected chi connectivity index (χ0v) is 10.5. The molecule has 2 rings (SSSR count). The van der Waals surface area contributed by atoms with Gasteiger partial charge in [-0.1, -0.05) is 0 Å². The molecule has 4 heteroatoms. The molecule has 1 fully saturated rings. The minimum Gasteiger partial charge on any atom is -0.312 e. The number of anilines is 1. The Kier molecular flexibility index (Phi) is 3.19. The smallest absolute Gasteiger partial charge is 0.227 e. The van der Waals surface area contributed by atoms with Gasteiger partial charge in [-0.3, -0.25) is 9.78 Å². The molecule has 3 nitrogen and oxygen atoms in total. The summed E-state index contributed by atoms with van der Waals surface area (Å²) in [5.41, 5.74) is 3.08. The summed E-state index contributed by atoms with van der Waals surface area (Å²) >= 11 is 4.26. The summed E-state index contributed by atoms with van der Waals surface area (Å²) in [5.74, 6) is 1.35. The molecule has 1 aromatic heterocycles. The predicted octanol–water partition coefficient (Wildman–Crippen LogP) is 1.98. The van der Waals surface area contributed by atoms with Crippen molar-refractivity contribution < 1.29 is 4.79 Å². The fourth-order valence-electron chi connectivity index (χ4n) is 2.06. The largest absolute Gasteiger partial charge is 0.312 e. The molecule has 1 aliphatic heterocycles. The molecule has 0 aliphatic carbocycles. The van der Waals surface area contributed by atoms with Gasteiger partial charge in [-0.05, 0) is 37.1 Å². The normalized spacial score (nSPS) is 20.6. The monoisotopic (exact) mass is 236 g/mol. The molecular formula is C12H16N2OS. The van der Waals surface area contributed by atoms with Crippen LogP contribution in [0.25, 0.3) is 0 Å². The van der Waals surface area contributed by atoms with Crippen molar-refractivity contribution in [3.63, 3.8) is 0 Å². The summed E-state index contributed by atoms with van der Waals surface area (Å²) < 4.78 is 0. The number of rotatable bonds is 2. The van der Waals surface area contributed by atoms with Crippen LogP contribution in [0.5, 0.6) is 0 Å². The van der Waals surface area contributed by atoms with Gasteiger partial charge in [0.1, 0.15) is 0 Å². The maximum absolute atomic E-state index is 11.9. The van der Waals surface area contributed by atoms with E-state index in [1.165, 1.54) is 0 Å². The quantitative estimate of drug-likeness (QED) is 0.797. The zero-order valence-electron chi connectivity index (χ0n) is 9.60. The third-order valence-corrected chi connectivity index (χ3v) is 3.70. The van der Waals surface area contributed by atoms with Gasteiger partial charge in [0.15, 0.2) is 0 Å². The van der Waals surface area contributed by atoms with E-state index in [1.54, 1.807) is 6.20 Å². The molecule has 1 aliphatic rings. The first kappa shape index (κ1) is 11.5. The van der Waals surface area contributed by atoms with E-state index in [9.17, 15) is 4.79 Å². The molecule has 86 valence electrons. The SMILES string of the molecule is Cc1nccc(N2CC(CS)CC2=O)c1C. The molecule has 1 unspecified atom stereocenters. The second-order valence-electron chi connectivity index (χ2n) is 4.30. The fourth-order valence-corrected chi connectivity index (χ4v) is 2.30. The Hall–Kier alpha value is -1.03. The summed E-state index contributed by atoms with van der Waals surface area (Å²) in [7, 11) is 0. The van der Waals surface area contributed by atoms with Gasteiger partial charge in [0.05, 0.1) is 0 Å². The highest BCUT2D eigenvalue weighted by molar-refractivity contribution is 7.80. The van der Waals surface area contributed by atoms with Crippen molar-refractivity contribution in [3.05, 3.63) is 23.5 Å². The molecule has 1 aromatic rings. The van der Waals surface area contributed by atoms with Gasteiger partial charge in [0, 0.05) is 30.5 Å². The third kappa shape index (κ3) is 1.94. The molecule has 1 saturated heterocycles. The van der Waals surface area contributed by atoms with Gasteiger partial charge >= 0.3 is 0 Å². The van der Waals surface area contributed by atoms with Gasteiger partial charge in [0.2, 0.25) is 5.91 Å². The Labute approximate surface area is 101 Å². The van der Waals surface area contributed by atoms with E-state index in [4.69, 9.17) is 0 Å². The predicted molar refractivity (Wildman–Crippen MR) is 68.0 cm³/mol. The van der Waals surface area contributed by atoms with Crippen LogP contribution in [-0.4, -0.2) is 23.2 Å². The summed E-state index contributed by atoms with van der Waals surface area (Å²) in [6.45, 7) is 4.76. The van der Waals surface area contributed by atoms with E-state index in [1.807, 2.05) is 24.8 Å². The molecule has 0 saturated carbocycles. The molecule has 0 aromatic carbocycles. The highest BCUT2D eigenvalue weighted by atomic mass is 32.1. The number of pyridine rings is 1. The highest BCUT2D eigenvalue weighted by Gasteiger charge is 2.30. The van der Waals surface area contributed by atoms with Crippen LogP contribution in [-0.2, 0) is 4.79 Å². The van der Waals surface area contributed by atoms with E-state index in [2.05, 4.69) is 17.6 Å². The van der Waals surface area contributed by atoms with Crippen molar-refractivity contribution in [2.75, 3.05) is 17.2 Å². The number of aryl methyl sites for hydroxylation is 1. The van der Waals surface area contributed by atoms with Crippen LogP contribution >= 0.6 is 12.6 Å². The van der Waals surface area contributed by atoms with Crippen LogP contribution < -0.4 is 4.90 Å². The molecule has 1 amide bonds. The van der Waals surface area contributed by atoms with Crippen molar-refractivity contribution >= 4 is 24.2 Å². The van der Waals surface area contributed by atoms with Gasteiger partial charge in [-0.2, -0.15) is 12.6 Å².